The third-order valence-corrected chi connectivity index (χ3v) is 4.33. The lowest BCUT2D eigenvalue weighted by Gasteiger charge is -2.28. The number of hydrogen-bond acceptors (Lipinski definition) is 5. The maximum Gasteiger partial charge on any atom is 0.321 e. The van der Waals surface area contributed by atoms with Crippen LogP contribution in [0.1, 0.15) is 26.3 Å². The molecule has 0 saturated carbocycles. The molecule has 0 fully saturated rings. The highest BCUT2D eigenvalue weighted by atomic mass is 16.2. The van der Waals surface area contributed by atoms with Gasteiger partial charge in [0.15, 0.2) is 0 Å². The van der Waals surface area contributed by atoms with Gasteiger partial charge in [-0.1, -0.05) is 6.07 Å². The summed E-state index contributed by atoms with van der Waals surface area (Å²) in [5, 5.41) is 4.85. The average Bonchev–Trinajstić information content (AvgIpc) is 2.83. The summed E-state index contributed by atoms with van der Waals surface area (Å²) in [5.74, 6) is -1.39. The number of benzene rings is 1. The lowest BCUT2D eigenvalue weighted by molar-refractivity contribution is 0.0880. The number of amides is 4. The molecule has 0 bridgehead atoms. The molecule has 4 amide bonds. The van der Waals surface area contributed by atoms with E-state index in [-0.39, 0.29) is 29.5 Å². The van der Waals surface area contributed by atoms with Crippen molar-refractivity contribution < 1.29 is 14.4 Å². The normalized spacial score (nSPS) is 15.6. The Kier molecular flexibility index (Phi) is 2.95. The molecule has 2 aliphatic rings. The van der Waals surface area contributed by atoms with Crippen molar-refractivity contribution in [1.29, 1.82) is 0 Å². The van der Waals surface area contributed by atoms with Gasteiger partial charge in [-0.3, -0.25) is 24.3 Å². The van der Waals surface area contributed by atoms with E-state index in [9.17, 15) is 19.2 Å². The fourth-order valence-electron chi connectivity index (χ4n) is 3.11. The number of nitrogens with two attached hydrogens (primary N) is 1. The Balaban J connectivity index is 2.00. The standard InChI is InChI=1S/C16H13N5O4/c1-20-6-8-9(18-16(20)25)3-2-4-10(8)21-11(22)5-7-12(13(21)17)15(24)19-14(7)23/h2-5H,6,17H2,1H3,(H,18,25)(H,19,23,24). The molecule has 0 radical (unpaired) electrons. The van der Waals surface area contributed by atoms with E-state index in [0.29, 0.717) is 16.9 Å². The Morgan fingerprint density at radius 3 is 2.60 bits per heavy atom. The lowest BCUT2D eigenvalue weighted by Crippen LogP contribution is -2.36. The second-order valence-electron chi connectivity index (χ2n) is 5.86. The van der Waals surface area contributed by atoms with E-state index in [4.69, 9.17) is 5.73 Å². The maximum atomic E-state index is 12.6. The second-order valence-corrected chi connectivity index (χ2v) is 5.86. The van der Waals surface area contributed by atoms with Gasteiger partial charge >= 0.3 is 6.03 Å². The van der Waals surface area contributed by atoms with Gasteiger partial charge in [-0.2, -0.15) is 0 Å². The van der Waals surface area contributed by atoms with Crippen LogP contribution in [0.5, 0.6) is 0 Å². The molecule has 0 spiro atoms. The highest BCUT2D eigenvalue weighted by molar-refractivity contribution is 6.23. The molecule has 126 valence electrons. The van der Waals surface area contributed by atoms with E-state index < -0.39 is 17.4 Å². The van der Waals surface area contributed by atoms with Gasteiger partial charge in [0.25, 0.3) is 17.4 Å². The fourth-order valence-corrected chi connectivity index (χ4v) is 3.11. The van der Waals surface area contributed by atoms with Crippen LogP contribution in [-0.4, -0.2) is 34.4 Å². The summed E-state index contributed by atoms with van der Waals surface area (Å²) in [6.07, 6.45) is 0. The van der Waals surface area contributed by atoms with Crippen LogP contribution in [0.15, 0.2) is 29.1 Å². The predicted octanol–water partition coefficient (Wildman–Crippen LogP) is 0.281. The minimum absolute atomic E-state index is 0.0181. The SMILES string of the molecule is CN1Cc2c(cccc2-n2c(N)c3c(cc2=O)C(=O)NC3=O)NC1=O. The first-order valence-electron chi connectivity index (χ1n) is 7.44. The summed E-state index contributed by atoms with van der Waals surface area (Å²) in [6.45, 7) is 0.269. The summed E-state index contributed by atoms with van der Waals surface area (Å²) in [4.78, 5) is 49.6. The van der Waals surface area contributed by atoms with Crippen LogP contribution in [0.3, 0.4) is 0 Å². The number of anilines is 2. The molecule has 9 nitrogen and oxygen atoms in total. The third-order valence-electron chi connectivity index (χ3n) is 4.33. The summed E-state index contributed by atoms with van der Waals surface area (Å²) in [5.41, 5.74) is 7.18. The minimum atomic E-state index is -0.641. The van der Waals surface area contributed by atoms with Gasteiger partial charge < -0.3 is 16.0 Å². The predicted molar refractivity (Wildman–Crippen MR) is 88.7 cm³/mol. The number of carbonyl (C=O) groups is 3. The van der Waals surface area contributed by atoms with E-state index in [2.05, 4.69) is 10.6 Å². The zero-order valence-corrected chi connectivity index (χ0v) is 13.1. The van der Waals surface area contributed by atoms with Gasteiger partial charge in [0, 0.05) is 24.4 Å². The molecule has 3 heterocycles. The Hall–Kier alpha value is -3.62. The average molecular weight is 339 g/mol. The van der Waals surface area contributed by atoms with Crippen LogP contribution < -0.4 is 21.9 Å². The largest absolute Gasteiger partial charge is 0.384 e. The molecule has 1 aromatic carbocycles. The van der Waals surface area contributed by atoms with Crippen LogP contribution in [0.2, 0.25) is 0 Å². The highest BCUT2D eigenvalue weighted by Gasteiger charge is 2.32. The number of hydrogen-bond donors (Lipinski definition) is 3. The molecule has 25 heavy (non-hydrogen) atoms. The van der Waals surface area contributed by atoms with E-state index >= 15 is 0 Å². The number of rotatable bonds is 1. The zero-order chi connectivity index (χ0) is 17.9. The van der Waals surface area contributed by atoms with Crippen molar-refractivity contribution in [3.8, 4) is 5.69 Å². The molecule has 4 N–H and O–H groups in total. The molecule has 0 atom stereocenters. The van der Waals surface area contributed by atoms with Crippen molar-refractivity contribution in [1.82, 2.24) is 14.8 Å². The fraction of sp³-hybridized carbons (Fsp3) is 0.125. The molecule has 0 aliphatic carbocycles. The quantitative estimate of drug-likeness (QED) is 0.643. The van der Waals surface area contributed by atoms with Crippen LogP contribution in [0.25, 0.3) is 5.69 Å². The summed E-state index contributed by atoms with van der Waals surface area (Å²) < 4.78 is 1.18. The Labute approximate surface area is 141 Å². The lowest BCUT2D eigenvalue weighted by atomic mass is 10.1. The molecule has 4 rings (SSSR count). The van der Waals surface area contributed by atoms with E-state index in [1.165, 1.54) is 9.47 Å². The number of nitrogen functional groups attached to an aromatic ring is 1. The van der Waals surface area contributed by atoms with Gasteiger partial charge in [-0.05, 0) is 12.1 Å². The van der Waals surface area contributed by atoms with Crippen LogP contribution in [-0.2, 0) is 6.54 Å². The molecule has 2 aromatic rings. The molecule has 0 unspecified atom stereocenters. The van der Waals surface area contributed by atoms with Crippen LogP contribution in [0, 0.1) is 0 Å². The minimum Gasteiger partial charge on any atom is -0.384 e. The molecule has 0 saturated heterocycles. The van der Waals surface area contributed by atoms with Crippen molar-refractivity contribution in [3.05, 3.63) is 51.3 Å². The van der Waals surface area contributed by atoms with Gasteiger partial charge in [-0.25, -0.2) is 4.79 Å². The van der Waals surface area contributed by atoms with Crippen molar-refractivity contribution in [2.24, 2.45) is 0 Å². The van der Waals surface area contributed by atoms with Gasteiger partial charge in [0.2, 0.25) is 0 Å². The van der Waals surface area contributed by atoms with Crippen molar-refractivity contribution in [2.45, 2.75) is 6.54 Å². The third kappa shape index (κ3) is 2.02. The van der Waals surface area contributed by atoms with E-state index in [1.54, 1.807) is 25.2 Å². The summed E-state index contributed by atoms with van der Waals surface area (Å²) in [7, 11) is 1.62. The van der Waals surface area contributed by atoms with Gasteiger partial charge in [0.05, 0.1) is 23.4 Å². The molecule has 9 heteroatoms. The zero-order valence-electron chi connectivity index (χ0n) is 13.1. The molecular weight excluding hydrogens is 326 g/mol. The van der Waals surface area contributed by atoms with E-state index in [1.807, 2.05) is 0 Å². The summed E-state index contributed by atoms with van der Waals surface area (Å²) >= 11 is 0. The first-order chi connectivity index (χ1) is 11.9. The summed E-state index contributed by atoms with van der Waals surface area (Å²) in [6, 6.07) is 5.89. The first-order valence-corrected chi connectivity index (χ1v) is 7.44. The Morgan fingerprint density at radius 1 is 1.08 bits per heavy atom. The number of imide groups is 1. The van der Waals surface area contributed by atoms with E-state index in [0.717, 1.165) is 6.07 Å². The molecule has 1 aromatic heterocycles. The first kappa shape index (κ1) is 14.9. The number of nitrogens with zero attached hydrogens (tertiary/aromatic N) is 2. The van der Waals surface area contributed by atoms with Crippen LogP contribution in [0.4, 0.5) is 16.3 Å². The maximum absolute atomic E-state index is 12.6. The molecular formula is C16H13N5O4. The highest BCUT2D eigenvalue weighted by Crippen LogP contribution is 2.30. The number of nitrogens with one attached hydrogen (secondary N) is 2. The van der Waals surface area contributed by atoms with Crippen molar-refractivity contribution in [3.63, 3.8) is 0 Å². The topological polar surface area (TPSA) is 127 Å². The number of urea groups is 1. The Bertz CT molecular complexity index is 1040. The van der Waals surface area contributed by atoms with Crippen molar-refractivity contribution in [2.75, 3.05) is 18.1 Å². The van der Waals surface area contributed by atoms with Crippen LogP contribution >= 0.6 is 0 Å². The van der Waals surface area contributed by atoms with Gasteiger partial charge in [-0.15, -0.1) is 0 Å². The Morgan fingerprint density at radius 2 is 1.84 bits per heavy atom. The molecule has 2 aliphatic heterocycles. The van der Waals surface area contributed by atoms with Crippen molar-refractivity contribution >= 4 is 29.4 Å². The number of fused-ring (bicyclic) bond motifs is 2. The number of pyridine rings is 1. The second kappa shape index (κ2) is 4.94. The number of aromatic nitrogens is 1. The smallest absolute Gasteiger partial charge is 0.321 e. The number of carbonyl (C=O) groups excluding carboxylic acids is 3. The van der Waals surface area contributed by atoms with Gasteiger partial charge in [0.1, 0.15) is 5.82 Å². The monoisotopic (exact) mass is 339 g/mol.